The summed E-state index contributed by atoms with van der Waals surface area (Å²) in [6.45, 7) is 6.61. The number of aromatic amines is 1. The Morgan fingerprint density at radius 1 is 0.981 bits per heavy atom. The van der Waals surface area contributed by atoms with Gasteiger partial charge in [0, 0.05) is 80.7 Å². The fourth-order valence-electron chi connectivity index (χ4n) is 6.72. The van der Waals surface area contributed by atoms with Gasteiger partial charge in [-0.25, -0.2) is 13.8 Å². The van der Waals surface area contributed by atoms with Crippen molar-refractivity contribution in [1.29, 1.82) is 0 Å². The van der Waals surface area contributed by atoms with Crippen molar-refractivity contribution >= 4 is 34.1 Å². The summed E-state index contributed by atoms with van der Waals surface area (Å²) in [4.78, 5) is 44.2. The topological polar surface area (TPSA) is 135 Å². The number of hydrogen-bond donors (Lipinski definition) is 1. The van der Waals surface area contributed by atoms with Crippen molar-refractivity contribution in [3.63, 3.8) is 0 Å². The number of amides is 2. The second kappa shape index (κ2) is 14.8. The molecule has 15 heteroatoms. The number of piperazine rings is 1. The van der Waals surface area contributed by atoms with Crippen molar-refractivity contribution in [1.82, 2.24) is 39.7 Å². The Morgan fingerprint density at radius 3 is 2.56 bits per heavy atom. The summed E-state index contributed by atoms with van der Waals surface area (Å²) >= 11 is 0. The van der Waals surface area contributed by atoms with E-state index in [0.29, 0.717) is 90.7 Å². The first-order valence-corrected chi connectivity index (χ1v) is 17.2. The van der Waals surface area contributed by atoms with Gasteiger partial charge in [0.05, 0.1) is 43.9 Å². The molecule has 1 N–H and O–H groups in total. The van der Waals surface area contributed by atoms with E-state index in [1.807, 2.05) is 30.9 Å². The third-order valence-corrected chi connectivity index (χ3v) is 9.24. The molecular weight excluding hydrogens is 672 g/mol. The maximum atomic E-state index is 16.7. The van der Waals surface area contributed by atoms with Crippen molar-refractivity contribution in [3.05, 3.63) is 84.2 Å². The number of anilines is 1. The SMILES string of the molecule is COc1cc(F)cnc1N1CCN(C(=O)c2cc3c(-c4cncc(OC(C)C)c4)cc(C4=CCCN(C(=O)CCn5ccnn5)C4)c(F)c3[nH]2)CC1. The van der Waals surface area contributed by atoms with E-state index < -0.39 is 11.6 Å². The third-order valence-electron chi connectivity index (χ3n) is 9.24. The molecule has 0 atom stereocenters. The van der Waals surface area contributed by atoms with Crippen LogP contribution in [0.3, 0.4) is 0 Å². The molecule has 0 aliphatic carbocycles. The summed E-state index contributed by atoms with van der Waals surface area (Å²) in [7, 11) is 1.46. The molecule has 5 aromatic rings. The van der Waals surface area contributed by atoms with Crippen LogP contribution in [-0.4, -0.2) is 104 Å². The molecule has 0 bridgehead atoms. The van der Waals surface area contributed by atoms with Crippen LogP contribution in [0.1, 0.15) is 42.7 Å². The zero-order chi connectivity index (χ0) is 36.4. The van der Waals surface area contributed by atoms with E-state index >= 15 is 4.39 Å². The van der Waals surface area contributed by atoms with Gasteiger partial charge in [-0.05, 0) is 49.6 Å². The van der Waals surface area contributed by atoms with E-state index in [0.717, 1.165) is 6.20 Å². The number of pyridine rings is 2. The van der Waals surface area contributed by atoms with E-state index in [1.54, 1.807) is 51.4 Å². The monoisotopic (exact) mass is 711 g/mol. The van der Waals surface area contributed by atoms with Gasteiger partial charge in [0.2, 0.25) is 5.91 Å². The lowest BCUT2D eigenvalue weighted by Crippen LogP contribution is -2.49. The molecule has 4 aromatic heterocycles. The largest absolute Gasteiger partial charge is 0.493 e. The number of halogens is 2. The van der Waals surface area contributed by atoms with Gasteiger partial charge in [0.25, 0.3) is 5.91 Å². The highest BCUT2D eigenvalue weighted by atomic mass is 19.1. The van der Waals surface area contributed by atoms with E-state index in [9.17, 15) is 14.0 Å². The Labute approximate surface area is 298 Å². The second-order valence-corrected chi connectivity index (χ2v) is 13.0. The first-order chi connectivity index (χ1) is 25.2. The normalized spacial score (nSPS) is 15.0. The van der Waals surface area contributed by atoms with Gasteiger partial charge >= 0.3 is 0 Å². The highest BCUT2D eigenvalue weighted by Crippen LogP contribution is 2.38. The Balaban J connectivity index is 1.19. The lowest BCUT2D eigenvalue weighted by molar-refractivity contribution is -0.131. The highest BCUT2D eigenvalue weighted by molar-refractivity contribution is 6.04. The molecule has 6 heterocycles. The number of H-pyrrole nitrogens is 1. The molecule has 0 saturated carbocycles. The lowest BCUT2D eigenvalue weighted by atomic mass is 9.93. The maximum absolute atomic E-state index is 16.7. The molecule has 0 spiro atoms. The number of aromatic nitrogens is 6. The van der Waals surface area contributed by atoms with Crippen LogP contribution in [0.4, 0.5) is 14.6 Å². The smallest absolute Gasteiger partial charge is 0.270 e. The number of nitrogens with one attached hydrogen (secondary N) is 1. The number of ether oxygens (including phenoxy) is 2. The first-order valence-electron chi connectivity index (χ1n) is 17.2. The van der Waals surface area contributed by atoms with Gasteiger partial charge in [-0.1, -0.05) is 11.3 Å². The average molecular weight is 712 g/mol. The van der Waals surface area contributed by atoms with Crippen molar-refractivity contribution < 1.29 is 27.8 Å². The number of fused-ring (bicyclic) bond motifs is 1. The summed E-state index contributed by atoms with van der Waals surface area (Å²) in [6.07, 6.45) is 10.4. The zero-order valence-electron chi connectivity index (χ0n) is 29.2. The Kier molecular flexibility index (Phi) is 9.83. The average Bonchev–Trinajstić information content (AvgIpc) is 3.85. The molecular formula is C37H39F2N9O4. The quantitative estimate of drug-likeness (QED) is 0.213. The van der Waals surface area contributed by atoms with E-state index in [4.69, 9.17) is 9.47 Å². The number of aryl methyl sites for hydroxylation is 1. The van der Waals surface area contributed by atoms with Crippen molar-refractivity contribution in [3.8, 4) is 22.6 Å². The van der Waals surface area contributed by atoms with Crippen LogP contribution in [0.5, 0.6) is 11.5 Å². The molecule has 2 amide bonds. The van der Waals surface area contributed by atoms with Crippen LogP contribution in [-0.2, 0) is 11.3 Å². The highest BCUT2D eigenvalue weighted by Gasteiger charge is 2.28. The van der Waals surface area contributed by atoms with E-state index in [-0.39, 0.29) is 42.1 Å². The molecule has 0 unspecified atom stereocenters. The fourth-order valence-corrected chi connectivity index (χ4v) is 6.72. The number of carbonyl (C=O) groups excluding carboxylic acids is 2. The third kappa shape index (κ3) is 7.16. The van der Waals surface area contributed by atoms with Crippen LogP contribution >= 0.6 is 0 Å². The van der Waals surface area contributed by atoms with Gasteiger partial charge in [0.1, 0.15) is 17.3 Å². The first kappa shape index (κ1) is 34.6. The fraction of sp³-hybridized carbons (Fsp3) is 0.351. The number of carbonyl (C=O) groups is 2. The molecule has 7 rings (SSSR count). The Morgan fingerprint density at radius 2 is 1.81 bits per heavy atom. The molecule has 2 aliphatic heterocycles. The predicted molar refractivity (Wildman–Crippen MR) is 190 cm³/mol. The zero-order valence-corrected chi connectivity index (χ0v) is 29.2. The lowest BCUT2D eigenvalue weighted by Gasteiger charge is -2.35. The minimum atomic E-state index is -0.511. The van der Waals surface area contributed by atoms with Gasteiger partial charge in [0.15, 0.2) is 17.4 Å². The number of rotatable bonds is 10. The summed E-state index contributed by atoms with van der Waals surface area (Å²) in [5.74, 6) is 0.0321. The Bertz CT molecular complexity index is 2120. The van der Waals surface area contributed by atoms with Crippen molar-refractivity contribution in [2.75, 3.05) is 51.3 Å². The minimum Gasteiger partial charge on any atom is -0.493 e. The number of benzene rings is 1. The molecule has 1 fully saturated rings. The maximum Gasteiger partial charge on any atom is 0.270 e. The standard InChI is InChI=1S/C37H39F2N9O4/c1-23(2)52-27-15-25(19-40-21-27)28-17-29(24-5-4-8-47(22-24)33(49)6-9-48-10-7-42-44-48)34(39)35-30(28)18-31(43-35)37(50)46-13-11-45(12-14-46)36-32(51-3)16-26(38)20-41-36/h5,7,10,15-21,23,43H,4,6,8-9,11-14,22H2,1-3H3. The summed E-state index contributed by atoms with van der Waals surface area (Å²) in [6, 6.07) is 6.59. The molecule has 1 aromatic carbocycles. The molecule has 52 heavy (non-hydrogen) atoms. The van der Waals surface area contributed by atoms with Crippen LogP contribution in [0.2, 0.25) is 0 Å². The van der Waals surface area contributed by atoms with Gasteiger partial charge in [-0.3, -0.25) is 19.3 Å². The minimum absolute atomic E-state index is 0.0629. The van der Waals surface area contributed by atoms with Crippen LogP contribution in [0, 0.1) is 11.6 Å². The summed E-state index contributed by atoms with van der Waals surface area (Å²) in [5, 5.41) is 8.25. The van der Waals surface area contributed by atoms with Crippen molar-refractivity contribution in [2.45, 2.75) is 39.3 Å². The van der Waals surface area contributed by atoms with Crippen molar-refractivity contribution in [2.24, 2.45) is 0 Å². The van der Waals surface area contributed by atoms with E-state index in [2.05, 4.69) is 25.3 Å². The predicted octanol–water partition coefficient (Wildman–Crippen LogP) is 4.96. The van der Waals surface area contributed by atoms with Gasteiger partial charge < -0.3 is 29.2 Å². The van der Waals surface area contributed by atoms with E-state index in [1.165, 1.54) is 13.2 Å². The second-order valence-electron chi connectivity index (χ2n) is 13.0. The van der Waals surface area contributed by atoms with Crippen LogP contribution in [0.25, 0.3) is 27.6 Å². The molecule has 1 saturated heterocycles. The number of methoxy groups -OCH3 is 1. The van der Waals surface area contributed by atoms with Crippen LogP contribution < -0.4 is 14.4 Å². The summed E-state index contributed by atoms with van der Waals surface area (Å²) < 4.78 is 43.3. The van der Waals surface area contributed by atoms with Crippen LogP contribution in [0.15, 0.2) is 61.3 Å². The molecule has 13 nitrogen and oxygen atoms in total. The molecule has 0 radical (unpaired) electrons. The molecule has 270 valence electrons. The molecule has 2 aliphatic rings. The van der Waals surface area contributed by atoms with Gasteiger partial charge in [-0.15, -0.1) is 5.10 Å². The van der Waals surface area contributed by atoms with Gasteiger partial charge in [-0.2, -0.15) is 0 Å². The number of hydrogen-bond acceptors (Lipinski definition) is 9. The summed E-state index contributed by atoms with van der Waals surface area (Å²) in [5.41, 5.74) is 2.78. The number of nitrogens with zero attached hydrogens (tertiary/aromatic N) is 8. The Hall–Kier alpha value is -5.86.